The van der Waals surface area contributed by atoms with Gasteiger partial charge in [-0.3, -0.25) is 10.9 Å². The summed E-state index contributed by atoms with van der Waals surface area (Å²) >= 11 is 0. The fraction of sp³-hybridized carbons (Fsp3) is 1.00. The number of nitrogens with two attached hydrogens (primary N) is 1. The first-order chi connectivity index (χ1) is 7.79. The van der Waals surface area contributed by atoms with Crippen molar-refractivity contribution in [3.63, 3.8) is 0 Å². The lowest BCUT2D eigenvalue weighted by Gasteiger charge is -2.22. The van der Waals surface area contributed by atoms with Gasteiger partial charge < -0.3 is 9.47 Å². The normalized spacial score (nSPS) is 21.6. The molecule has 96 valence electrons. The monoisotopic (exact) mass is 230 g/mol. The molecule has 16 heavy (non-hydrogen) atoms. The van der Waals surface area contributed by atoms with E-state index in [9.17, 15) is 0 Å². The second kappa shape index (κ2) is 8.93. The van der Waals surface area contributed by atoms with Gasteiger partial charge in [-0.05, 0) is 32.1 Å². The largest absolute Gasteiger partial charge is 0.353 e. The summed E-state index contributed by atoms with van der Waals surface area (Å²) in [6, 6.07) is 0. The molecule has 0 aliphatic carbocycles. The topological polar surface area (TPSA) is 47.7 Å². The van der Waals surface area contributed by atoms with Crippen molar-refractivity contribution in [2.24, 2.45) is 5.84 Å². The Morgan fingerprint density at radius 1 is 1.25 bits per heavy atom. The molecular weight excluding hydrogens is 204 g/mol. The number of unbranched alkanes of at least 4 members (excludes halogenated alkanes) is 3. The van der Waals surface area contributed by atoms with Gasteiger partial charge in [0, 0.05) is 26.8 Å². The number of rotatable bonds is 8. The van der Waals surface area contributed by atoms with Gasteiger partial charge in [0.25, 0.3) is 0 Å². The summed E-state index contributed by atoms with van der Waals surface area (Å²) in [6.07, 6.45) is 8.33. The molecule has 0 radical (unpaired) electrons. The highest BCUT2D eigenvalue weighted by Gasteiger charge is 2.13. The van der Waals surface area contributed by atoms with Gasteiger partial charge in [0.1, 0.15) is 0 Å². The molecule has 1 aliphatic rings. The van der Waals surface area contributed by atoms with E-state index < -0.39 is 0 Å². The van der Waals surface area contributed by atoms with E-state index >= 15 is 0 Å². The molecule has 4 nitrogen and oxygen atoms in total. The van der Waals surface area contributed by atoms with Crippen LogP contribution < -0.4 is 5.84 Å². The second-order valence-electron chi connectivity index (χ2n) is 4.56. The maximum absolute atomic E-state index is 5.65. The minimum absolute atomic E-state index is 0.0731. The quantitative estimate of drug-likeness (QED) is 0.393. The van der Waals surface area contributed by atoms with Gasteiger partial charge in [-0.1, -0.05) is 12.8 Å². The van der Waals surface area contributed by atoms with Gasteiger partial charge in [-0.25, -0.2) is 0 Å². The third kappa shape index (κ3) is 7.17. The van der Waals surface area contributed by atoms with Gasteiger partial charge >= 0.3 is 0 Å². The van der Waals surface area contributed by atoms with Crippen LogP contribution in [0, 0.1) is 0 Å². The van der Waals surface area contributed by atoms with Gasteiger partial charge in [-0.15, -0.1) is 0 Å². The summed E-state index contributed by atoms with van der Waals surface area (Å²) in [7, 11) is 1.91. The first-order valence-corrected chi connectivity index (χ1v) is 6.48. The highest BCUT2D eigenvalue weighted by Crippen LogP contribution is 2.14. The molecule has 0 aromatic heterocycles. The smallest absolute Gasteiger partial charge is 0.157 e. The van der Waals surface area contributed by atoms with E-state index in [0.29, 0.717) is 0 Å². The van der Waals surface area contributed by atoms with Crippen molar-refractivity contribution >= 4 is 0 Å². The second-order valence-corrected chi connectivity index (χ2v) is 4.56. The summed E-state index contributed by atoms with van der Waals surface area (Å²) in [5.41, 5.74) is 0. The minimum atomic E-state index is 0.0731. The number of hydrogen-bond acceptors (Lipinski definition) is 4. The fourth-order valence-corrected chi connectivity index (χ4v) is 1.87. The molecule has 1 saturated heterocycles. The Labute approximate surface area is 99.0 Å². The molecule has 0 aromatic carbocycles. The molecule has 0 aromatic rings. The number of hydrazine groups is 1. The van der Waals surface area contributed by atoms with Crippen LogP contribution >= 0.6 is 0 Å². The third-order valence-corrected chi connectivity index (χ3v) is 2.85. The summed E-state index contributed by atoms with van der Waals surface area (Å²) in [5.74, 6) is 5.52. The molecular formula is C12H26N2O2. The molecule has 1 fully saturated rings. The zero-order valence-electron chi connectivity index (χ0n) is 10.5. The van der Waals surface area contributed by atoms with E-state index in [4.69, 9.17) is 15.3 Å². The zero-order valence-corrected chi connectivity index (χ0v) is 10.5. The fourth-order valence-electron chi connectivity index (χ4n) is 1.87. The number of nitrogens with zero attached hydrogens (tertiary/aromatic N) is 1. The van der Waals surface area contributed by atoms with E-state index in [1.165, 1.54) is 32.1 Å². The van der Waals surface area contributed by atoms with Gasteiger partial charge in [0.15, 0.2) is 6.29 Å². The lowest BCUT2D eigenvalue weighted by molar-refractivity contribution is -0.162. The first-order valence-electron chi connectivity index (χ1n) is 6.48. The molecule has 0 bridgehead atoms. The maximum Gasteiger partial charge on any atom is 0.157 e. The van der Waals surface area contributed by atoms with Crippen molar-refractivity contribution in [2.75, 3.05) is 26.8 Å². The Hall–Kier alpha value is -0.160. The molecule has 1 aliphatic heterocycles. The van der Waals surface area contributed by atoms with Crippen LogP contribution in [0.1, 0.15) is 44.9 Å². The summed E-state index contributed by atoms with van der Waals surface area (Å²) in [4.78, 5) is 0. The molecule has 1 atom stereocenters. The molecule has 4 heteroatoms. The van der Waals surface area contributed by atoms with Crippen LogP contribution in [0.5, 0.6) is 0 Å². The maximum atomic E-state index is 5.65. The van der Waals surface area contributed by atoms with E-state index in [-0.39, 0.29) is 6.29 Å². The van der Waals surface area contributed by atoms with Crippen LogP contribution in [0.15, 0.2) is 0 Å². The first kappa shape index (κ1) is 13.9. The van der Waals surface area contributed by atoms with Crippen molar-refractivity contribution in [2.45, 2.75) is 51.2 Å². The van der Waals surface area contributed by atoms with E-state index in [2.05, 4.69) is 0 Å². The molecule has 1 rings (SSSR count). The molecule has 0 saturated carbocycles. The van der Waals surface area contributed by atoms with Crippen LogP contribution in [-0.4, -0.2) is 38.1 Å². The predicted molar refractivity (Wildman–Crippen MR) is 64.8 cm³/mol. The lowest BCUT2D eigenvalue weighted by atomic mass is 10.2. The van der Waals surface area contributed by atoms with Gasteiger partial charge in [0.05, 0.1) is 0 Å². The molecule has 1 unspecified atom stereocenters. The Balaban J connectivity index is 1.80. The zero-order chi connectivity index (χ0) is 11.6. The number of ether oxygens (including phenoxy) is 2. The van der Waals surface area contributed by atoms with Crippen molar-refractivity contribution in [3.05, 3.63) is 0 Å². The lowest BCUT2D eigenvalue weighted by Crippen LogP contribution is -2.26. The predicted octanol–water partition coefficient (Wildman–Crippen LogP) is 1.90. The SMILES string of the molecule is CN(N)CCCCCCOC1CCCCO1. The van der Waals surface area contributed by atoms with Gasteiger partial charge in [0.2, 0.25) is 0 Å². The van der Waals surface area contributed by atoms with Crippen molar-refractivity contribution < 1.29 is 9.47 Å². The third-order valence-electron chi connectivity index (χ3n) is 2.85. The Bertz CT molecular complexity index is 159. The summed E-state index contributed by atoms with van der Waals surface area (Å²) in [6.45, 7) is 2.68. The van der Waals surface area contributed by atoms with Crippen molar-refractivity contribution in [1.29, 1.82) is 0 Å². The number of hydrogen-bond donors (Lipinski definition) is 1. The van der Waals surface area contributed by atoms with Crippen LogP contribution in [0.3, 0.4) is 0 Å². The van der Waals surface area contributed by atoms with E-state index in [0.717, 1.165) is 32.6 Å². The minimum Gasteiger partial charge on any atom is -0.353 e. The average Bonchev–Trinajstić information content (AvgIpc) is 2.29. The summed E-state index contributed by atoms with van der Waals surface area (Å²) in [5, 5.41) is 1.74. The van der Waals surface area contributed by atoms with E-state index in [1.54, 1.807) is 5.01 Å². The summed E-state index contributed by atoms with van der Waals surface area (Å²) < 4.78 is 11.1. The molecule has 2 N–H and O–H groups in total. The highest BCUT2D eigenvalue weighted by molar-refractivity contribution is 4.54. The molecule has 1 heterocycles. The Morgan fingerprint density at radius 3 is 2.75 bits per heavy atom. The van der Waals surface area contributed by atoms with Crippen molar-refractivity contribution in [3.8, 4) is 0 Å². The Morgan fingerprint density at radius 2 is 2.06 bits per heavy atom. The van der Waals surface area contributed by atoms with Crippen LogP contribution in [0.4, 0.5) is 0 Å². The van der Waals surface area contributed by atoms with Crippen LogP contribution in [0.25, 0.3) is 0 Å². The standard InChI is InChI=1S/C12H26N2O2/c1-14(13)9-5-2-3-6-10-15-12-8-4-7-11-16-12/h12H,2-11,13H2,1H3. The molecule has 0 spiro atoms. The van der Waals surface area contributed by atoms with Crippen molar-refractivity contribution in [1.82, 2.24) is 5.01 Å². The molecule has 0 amide bonds. The van der Waals surface area contributed by atoms with Crippen LogP contribution in [0.2, 0.25) is 0 Å². The average molecular weight is 230 g/mol. The van der Waals surface area contributed by atoms with Crippen LogP contribution in [-0.2, 0) is 9.47 Å². The van der Waals surface area contributed by atoms with E-state index in [1.807, 2.05) is 7.05 Å². The Kier molecular flexibility index (Phi) is 7.76. The van der Waals surface area contributed by atoms with Gasteiger partial charge in [-0.2, -0.15) is 0 Å². The highest BCUT2D eigenvalue weighted by atomic mass is 16.7.